The lowest BCUT2D eigenvalue weighted by atomic mass is 10.0. The van der Waals surface area contributed by atoms with Crippen LogP contribution in [0.2, 0.25) is 0 Å². The number of nitrogens with zero attached hydrogens (tertiary/aromatic N) is 1. The Morgan fingerprint density at radius 2 is 2.19 bits per heavy atom. The number of carboxylic acids is 1. The Labute approximate surface area is 120 Å². The van der Waals surface area contributed by atoms with Gasteiger partial charge in [0.25, 0.3) is 5.91 Å². The van der Waals surface area contributed by atoms with Gasteiger partial charge in [-0.15, -0.1) is 0 Å². The number of carbonyl (C=O) groups excluding carboxylic acids is 2. The Balaban J connectivity index is 2.32. The van der Waals surface area contributed by atoms with Gasteiger partial charge in [0, 0.05) is 13.1 Å². The SMILES string of the molecule is Cc1cccc(C(=O)N2CCNC(=O)C2CC(=O)O)c1F. The molecular weight excluding hydrogens is 279 g/mol. The highest BCUT2D eigenvalue weighted by Crippen LogP contribution is 2.18. The fourth-order valence-electron chi connectivity index (χ4n) is 2.29. The predicted molar refractivity (Wildman–Crippen MR) is 71.2 cm³/mol. The van der Waals surface area contributed by atoms with Gasteiger partial charge in [-0.25, -0.2) is 4.39 Å². The molecule has 1 fully saturated rings. The third kappa shape index (κ3) is 3.01. The van der Waals surface area contributed by atoms with Crippen LogP contribution in [0.15, 0.2) is 18.2 Å². The fraction of sp³-hybridized carbons (Fsp3) is 0.357. The zero-order valence-corrected chi connectivity index (χ0v) is 11.4. The minimum atomic E-state index is -1.19. The zero-order valence-electron chi connectivity index (χ0n) is 11.4. The highest BCUT2D eigenvalue weighted by atomic mass is 19.1. The van der Waals surface area contributed by atoms with Crippen molar-refractivity contribution >= 4 is 17.8 Å². The minimum Gasteiger partial charge on any atom is -0.481 e. The molecule has 112 valence electrons. The topological polar surface area (TPSA) is 86.7 Å². The number of halogens is 1. The quantitative estimate of drug-likeness (QED) is 0.852. The molecule has 1 aliphatic heterocycles. The normalized spacial score (nSPS) is 18.3. The van der Waals surface area contributed by atoms with E-state index in [1.807, 2.05) is 0 Å². The Hall–Kier alpha value is -2.44. The van der Waals surface area contributed by atoms with Crippen molar-refractivity contribution in [2.45, 2.75) is 19.4 Å². The van der Waals surface area contributed by atoms with Gasteiger partial charge in [-0.1, -0.05) is 12.1 Å². The minimum absolute atomic E-state index is 0.149. The van der Waals surface area contributed by atoms with Crippen molar-refractivity contribution in [3.63, 3.8) is 0 Å². The molecular formula is C14H15FN2O4. The van der Waals surface area contributed by atoms with E-state index in [1.165, 1.54) is 19.1 Å². The predicted octanol–water partition coefficient (Wildman–Crippen LogP) is 0.549. The van der Waals surface area contributed by atoms with Crippen molar-refractivity contribution in [1.82, 2.24) is 10.2 Å². The molecule has 21 heavy (non-hydrogen) atoms. The molecule has 0 aliphatic carbocycles. The summed E-state index contributed by atoms with van der Waals surface area (Å²) < 4.78 is 14.0. The average molecular weight is 294 g/mol. The van der Waals surface area contributed by atoms with Crippen LogP contribution in [0, 0.1) is 12.7 Å². The number of carboxylic acid groups (broad SMARTS) is 1. The van der Waals surface area contributed by atoms with Crippen LogP contribution in [0.4, 0.5) is 4.39 Å². The molecule has 2 rings (SSSR count). The van der Waals surface area contributed by atoms with Crippen LogP contribution < -0.4 is 5.32 Å². The van der Waals surface area contributed by atoms with Crippen molar-refractivity contribution in [3.05, 3.63) is 35.1 Å². The number of hydrogen-bond donors (Lipinski definition) is 2. The van der Waals surface area contributed by atoms with Gasteiger partial charge in [0.05, 0.1) is 12.0 Å². The highest BCUT2D eigenvalue weighted by Gasteiger charge is 2.35. The van der Waals surface area contributed by atoms with Gasteiger partial charge in [-0.05, 0) is 18.6 Å². The number of carbonyl (C=O) groups is 3. The molecule has 1 aliphatic rings. The molecule has 6 nitrogen and oxygen atoms in total. The van der Waals surface area contributed by atoms with E-state index < -0.39 is 36.1 Å². The average Bonchev–Trinajstić information content (AvgIpc) is 2.43. The van der Waals surface area contributed by atoms with E-state index >= 15 is 0 Å². The second kappa shape index (κ2) is 5.90. The van der Waals surface area contributed by atoms with Crippen molar-refractivity contribution < 1.29 is 23.9 Å². The molecule has 1 heterocycles. The second-order valence-electron chi connectivity index (χ2n) is 4.84. The number of aliphatic carboxylic acids is 1. The molecule has 1 saturated heterocycles. The van der Waals surface area contributed by atoms with E-state index in [0.717, 1.165) is 4.90 Å². The first-order chi connectivity index (χ1) is 9.91. The number of hydrogen-bond acceptors (Lipinski definition) is 3. The van der Waals surface area contributed by atoms with Crippen LogP contribution in [-0.4, -0.2) is 46.9 Å². The molecule has 0 spiro atoms. The van der Waals surface area contributed by atoms with E-state index in [2.05, 4.69) is 5.32 Å². The highest BCUT2D eigenvalue weighted by molar-refractivity contribution is 5.99. The van der Waals surface area contributed by atoms with E-state index in [9.17, 15) is 18.8 Å². The van der Waals surface area contributed by atoms with Crippen LogP contribution >= 0.6 is 0 Å². The summed E-state index contributed by atoms with van der Waals surface area (Å²) in [5.41, 5.74) is 0.164. The number of piperazine rings is 1. The maximum absolute atomic E-state index is 14.0. The second-order valence-corrected chi connectivity index (χ2v) is 4.84. The van der Waals surface area contributed by atoms with Gasteiger partial charge in [0.15, 0.2) is 0 Å². The molecule has 2 amide bonds. The van der Waals surface area contributed by atoms with Gasteiger partial charge < -0.3 is 15.3 Å². The first-order valence-electron chi connectivity index (χ1n) is 6.47. The lowest BCUT2D eigenvalue weighted by Crippen LogP contribution is -2.57. The first-order valence-corrected chi connectivity index (χ1v) is 6.47. The molecule has 1 unspecified atom stereocenters. The van der Waals surface area contributed by atoms with E-state index in [0.29, 0.717) is 5.56 Å². The molecule has 1 aromatic carbocycles. The third-order valence-electron chi connectivity index (χ3n) is 3.38. The van der Waals surface area contributed by atoms with E-state index in [-0.39, 0.29) is 18.7 Å². The van der Waals surface area contributed by atoms with Gasteiger partial charge in [-0.2, -0.15) is 0 Å². The monoisotopic (exact) mass is 294 g/mol. The van der Waals surface area contributed by atoms with E-state index in [1.54, 1.807) is 6.07 Å². The summed E-state index contributed by atoms with van der Waals surface area (Å²) in [5, 5.41) is 11.4. The lowest BCUT2D eigenvalue weighted by Gasteiger charge is -2.34. The summed E-state index contributed by atoms with van der Waals surface area (Å²) in [7, 11) is 0. The Morgan fingerprint density at radius 1 is 1.48 bits per heavy atom. The number of benzene rings is 1. The summed E-state index contributed by atoms with van der Waals surface area (Å²) in [5.74, 6) is -3.05. The van der Waals surface area contributed by atoms with E-state index in [4.69, 9.17) is 5.11 Å². The number of nitrogens with one attached hydrogen (secondary N) is 1. The molecule has 1 aromatic rings. The van der Waals surface area contributed by atoms with Gasteiger partial charge in [-0.3, -0.25) is 14.4 Å². The van der Waals surface area contributed by atoms with Crippen LogP contribution in [0.3, 0.4) is 0 Å². The maximum Gasteiger partial charge on any atom is 0.305 e. The zero-order chi connectivity index (χ0) is 15.6. The number of rotatable bonds is 3. The molecule has 0 bridgehead atoms. The molecule has 2 N–H and O–H groups in total. The lowest BCUT2D eigenvalue weighted by molar-refractivity contribution is -0.142. The van der Waals surface area contributed by atoms with Crippen LogP contribution in [0.1, 0.15) is 22.3 Å². The van der Waals surface area contributed by atoms with Crippen molar-refractivity contribution in [3.8, 4) is 0 Å². The summed E-state index contributed by atoms with van der Waals surface area (Å²) >= 11 is 0. The summed E-state index contributed by atoms with van der Waals surface area (Å²) in [6, 6.07) is 3.28. The summed E-state index contributed by atoms with van der Waals surface area (Å²) in [4.78, 5) is 36.2. The molecule has 7 heteroatoms. The maximum atomic E-state index is 14.0. The number of amides is 2. The number of aryl methyl sites for hydroxylation is 1. The van der Waals surface area contributed by atoms with Crippen molar-refractivity contribution in [1.29, 1.82) is 0 Å². The van der Waals surface area contributed by atoms with Crippen LogP contribution in [-0.2, 0) is 9.59 Å². The van der Waals surface area contributed by atoms with Crippen LogP contribution in [0.25, 0.3) is 0 Å². The van der Waals surface area contributed by atoms with Gasteiger partial charge in [0.2, 0.25) is 5.91 Å². The van der Waals surface area contributed by atoms with Crippen LogP contribution in [0.5, 0.6) is 0 Å². The largest absolute Gasteiger partial charge is 0.481 e. The molecule has 0 saturated carbocycles. The van der Waals surface area contributed by atoms with Gasteiger partial charge in [0.1, 0.15) is 11.9 Å². The third-order valence-corrected chi connectivity index (χ3v) is 3.38. The summed E-state index contributed by atoms with van der Waals surface area (Å²) in [6.07, 6.45) is -0.509. The Kier molecular flexibility index (Phi) is 4.21. The van der Waals surface area contributed by atoms with Gasteiger partial charge >= 0.3 is 5.97 Å². The van der Waals surface area contributed by atoms with Crippen molar-refractivity contribution in [2.75, 3.05) is 13.1 Å². The fourth-order valence-corrected chi connectivity index (χ4v) is 2.29. The molecule has 1 atom stereocenters. The smallest absolute Gasteiger partial charge is 0.305 e. The Bertz CT molecular complexity index is 603. The molecule has 0 aromatic heterocycles. The first kappa shape index (κ1) is 15.0. The Morgan fingerprint density at radius 3 is 2.86 bits per heavy atom. The standard InChI is InChI=1S/C14H15FN2O4/c1-8-3-2-4-9(12(8)15)14(21)17-6-5-16-13(20)10(17)7-11(18)19/h2-4,10H,5-7H2,1H3,(H,16,20)(H,18,19). The molecule has 0 radical (unpaired) electrons. The summed E-state index contributed by atoms with van der Waals surface area (Å²) in [6.45, 7) is 1.90. The van der Waals surface area contributed by atoms with Crippen molar-refractivity contribution in [2.24, 2.45) is 0 Å².